The average molecular weight is 196 g/mol. The molecule has 0 heterocycles. The fourth-order valence-corrected chi connectivity index (χ4v) is 2.33. The minimum atomic E-state index is -1.19. The van der Waals surface area contributed by atoms with Gasteiger partial charge in [-0.3, -0.25) is 0 Å². The van der Waals surface area contributed by atoms with Crippen molar-refractivity contribution < 1.29 is 14.6 Å². The summed E-state index contributed by atoms with van der Waals surface area (Å²) in [6, 6.07) is 0. The van der Waals surface area contributed by atoms with Crippen molar-refractivity contribution in [2.45, 2.75) is 13.3 Å². The summed E-state index contributed by atoms with van der Waals surface area (Å²) in [7, 11) is 3.40. The second-order valence-corrected chi connectivity index (χ2v) is 4.46. The third-order valence-corrected chi connectivity index (χ3v) is 3.34. The molecule has 11 heavy (non-hydrogen) atoms. The SMILES string of the molecule is CCCSSCCOC(=O)O. The Kier molecular flexibility index (Phi) is 8.05. The zero-order valence-corrected chi connectivity index (χ0v) is 8.04. The zero-order chi connectivity index (χ0) is 8.53. The summed E-state index contributed by atoms with van der Waals surface area (Å²) in [4.78, 5) is 9.85. The molecule has 0 atom stereocenters. The van der Waals surface area contributed by atoms with E-state index in [1.54, 1.807) is 21.6 Å². The van der Waals surface area contributed by atoms with Crippen molar-refractivity contribution in [3.63, 3.8) is 0 Å². The monoisotopic (exact) mass is 196 g/mol. The quantitative estimate of drug-likeness (QED) is 0.402. The Morgan fingerprint density at radius 2 is 2.09 bits per heavy atom. The van der Waals surface area contributed by atoms with Gasteiger partial charge in [-0.2, -0.15) is 0 Å². The summed E-state index contributed by atoms with van der Waals surface area (Å²) in [5.41, 5.74) is 0. The molecule has 0 aromatic rings. The van der Waals surface area contributed by atoms with E-state index in [1.807, 2.05) is 0 Å². The first kappa shape index (κ1) is 11.0. The lowest BCUT2D eigenvalue weighted by molar-refractivity contribution is 0.0975. The molecule has 0 bridgehead atoms. The predicted octanol–water partition coefficient (Wildman–Crippen LogP) is 2.47. The van der Waals surface area contributed by atoms with E-state index in [0.29, 0.717) is 0 Å². The largest absolute Gasteiger partial charge is 0.505 e. The molecule has 3 nitrogen and oxygen atoms in total. The van der Waals surface area contributed by atoms with Crippen LogP contribution in [0.15, 0.2) is 0 Å². The minimum absolute atomic E-state index is 0.288. The first-order valence-corrected chi connectivity index (χ1v) is 5.86. The first-order valence-electron chi connectivity index (χ1n) is 3.37. The molecule has 0 rings (SSSR count). The number of carbonyl (C=O) groups is 1. The van der Waals surface area contributed by atoms with E-state index < -0.39 is 6.16 Å². The Morgan fingerprint density at radius 1 is 1.45 bits per heavy atom. The van der Waals surface area contributed by atoms with E-state index in [9.17, 15) is 4.79 Å². The van der Waals surface area contributed by atoms with Crippen LogP contribution in [0.5, 0.6) is 0 Å². The normalized spacial score (nSPS) is 9.55. The Hall–Kier alpha value is -0.0300. The maximum atomic E-state index is 9.85. The van der Waals surface area contributed by atoms with Crippen molar-refractivity contribution in [3.05, 3.63) is 0 Å². The maximum Gasteiger partial charge on any atom is 0.505 e. The average Bonchev–Trinajstić information content (AvgIpc) is 1.96. The summed E-state index contributed by atoms with van der Waals surface area (Å²) >= 11 is 0. The van der Waals surface area contributed by atoms with Gasteiger partial charge in [0.1, 0.15) is 6.61 Å². The molecule has 0 fully saturated rings. The summed E-state index contributed by atoms with van der Waals surface area (Å²) in [6.45, 7) is 2.40. The highest BCUT2D eigenvalue weighted by atomic mass is 33.1. The van der Waals surface area contributed by atoms with Crippen LogP contribution in [-0.4, -0.2) is 29.4 Å². The zero-order valence-electron chi connectivity index (χ0n) is 6.41. The van der Waals surface area contributed by atoms with Crippen molar-refractivity contribution in [2.24, 2.45) is 0 Å². The minimum Gasteiger partial charge on any atom is -0.450 e. The van der Waals surface area contributed by atoms with Crippen LogP contribution in [0.2, 0.25) is 0 Å². The van der Waals surface area contributed by atoms with Crippen molar-refractivity contribution in [1.29, 1.82) is 0 Å². The van der Waals surface area contributed by atoms with E-state index in [-0.39, 0.29) is 6.61 Å². The van der Waals surface area contributed by atoms with Gasteiger partial charge < -0.3 is 9.84 Å². The Labute approximate surface area is 74.3 Å². The van der Waals surface area contributed by atoms with E-state index in [1.165, 1.54) is 0 Å². The van der Waals surface area contributed by atoms with E-state index >= 15 is 0 Å². The molecule has 0 aromatic carbocycles. The maximum absolute atomic E-state index is 9.85. The highest BCUT2D eigenvalue weighted by Crippen LogP contribution is 2.20. The molecule has 0 spiro atoms. The molecule has 0 saturated carbocycles. The van der Waals surface area contributed by atoms with E-state index in [2.05, 4.69) is 11.7 Å². The molecule has 0 amide bonds. The second kappa shape index (κ2) is 8.07. The van der Waals surface area contributed by atoms with Gasteiger partial charge in [0.15, 0.2) is 0 Å². The van der Waals surface area contributed by atoms with Crippen LogP contribution in [0.1, 0.15) is 13.3 Å². The fraction of sp³-hybridized carbons (Fsp3) is 0.833. The molecule has 5 heteroatoms. The lowest BCUT2D eigenvalue weighted by Gasteiger charge is -1.98. The van der Waals surface area contributed by atoms with Crippen LogP contribution in [0.3, 0.4) is 0 Å². The van der Waals surface area contributed by atoms with Crippen LogP contribution in [-0.2, 0) is 4.74 Å². The highest BCUT2D eigenvalue weighted by Gasteiger charge is 1.95. The summed E-state index contributed by atoms with van der Waals surface area (Å²) in [6.07, 6.45) is -0.0386. The van der Waals surface area contributed by atoms with E-state index in [4.69, 9.17) is 5.11 Å². The third kappa shape index (κ3) is 9.97. The lowest BCUT2D eigenvalue weighted by Crippen LogP contribution is -2.02. The number of rotatable bonds is 6. The smallest absolute Gasteiger partial charge is 0.450 e. The summed E-state index contributed by atoms with van der Waals surface area (Å²) < 4.78 is 4.30. The lowest BCUT2D eigenvalue weighted by atomic mass is 10.6. The van der Waals surface area contributed by atoms with Gasteiger partial charge in [0.25, 0.3) is 0 Å². The van der Waals surface area contributed by atoms with Crippen LogP contribution >= 0.6 is 21.6 Å². The van der Waals surface area contributed by atoms with Gasteiger partial charge in [-0.1, -0.05) is 28.5 Å². The van der Waals surface area contributed by atoms with E-state index in [0.717, 1.165) is 17.9 Å². The van der Waals surface area contributed by atoms with Gasteiger partial charge >= 0.3 is 6.16 Å². The molecule has 1 N–H and O–H groups in total. The number of carboxylic acid groups (broad SMARTS) is 1. The van der Waals surface area contributed by atoms with Crippen molar-refractivity contribution in [3.8, 4) is 0 Å². The summed E-state index contributed by atoms with van der Waals surface area (Å²) in [5, 5.41) is 8.08. The van der Waals surface area contributed by atoms with Crippen molar-refractivity contribution >= 4 is 27.7 Å². The molecular formula is C6H12O3S2. The van der Waals surface area contributed by atoms with Crippen molar-refractivity contribution in [1.82, 2.24) is 0 Å². The van der Waals surface area contributed by atoms with Crippen LogP contribution in [0.4, 0.5) is 4.79 Å². The second-order valence-electron chi connectivity index (χ2n) is 1.76. The third-order valence-electron chi connectivity index (χ3n) is 0.763. The molecule has 0 saturated heterocycles. The Morgan fingerprint density at radius 3 is 2.64 bits per heavy atom. The van der Waals surface area contributed by atoms with Gasteiger partial charge in [-0.25, -0.2) is 4.79 Å². The standard InChI is InChI=1S/C6H12O3S2/c1-2-4-10-11-5-3-9-6(7)8/h2-5H2,1H3,(H,7,8). The number of hydrogen-bond donors (Lipinski definition) is 1. The summed E-state index contributed by atoms with van der Waals surface area (Å²) in [5.74, 6) is 1.84. The van der Waals surface area contributed by atoms with Gasteiger partial charge in [0.05, 0.1) is 0 Å². The molecule has 0 aromatic heterocycles. The Bertz CT molecular complexity index is 108. The number of hydrogen-bond acceptors (Lipinski definition) is 4. The van der Waals surface area contributed by atoms with Crippen LogP contribution in [0.25, 0.3) is 0 Å². The molecular weight excluding hydrogens is 184 g/mol. The van der Waals surface area contributed by atoms with Gasteiger partial charge in [0, 0.05) is 11.5 Å². The molecule has 0 aliphatic rings. The van der Waals surface area contributed by atoms with Gasteiger partial charge in [-0.15, -0.1) is 0 Å². The van der Waals surface area contributed by atoms with Crippen molar-refractivity contribution in [2.75, 3.05) is 18.1 Å². The fourth-order valence-electron chi connectivity index (χ4n) is 0.364. The molecule has 0 aliphatic carbocycles. The van der Waals surface area contributed by atoms with Crippen LogP contribution in [0, 0.1) is 0 Å². The van der Waals surface area contributed by atoms with Gasteiger partial charge in [0.2, 0.25) is 0 Å². The molecule has 66 valence electrons. The molecule has 0 aliphatic heterocycles. The van der Waals surface area contributed by atoms with Gasteiger partial charge in [-0.05, 0) is 6.42 Å². The topological polar surface area (TPSA) is 46.5 Å². The Balaban J connectivity index is 2.85. The molecule has 0 radical (unpaired) electrons. The first-order chi connectivity index (χ1) is 5.27. The highest BCUT2D eigenvalue weighted by molar-refractivity contribution is 8.76. The van der Waals surface area contributed by atoms with Crippen LogP contribution < -0.4 is 0 Å². The predicted molar refractivity (Wildman–Crippen MR) is 49.2 cm³/mol. The number of ether oxygens (including phenoxy) is 1. The molecule has 0 unspecified atom stereocenters.